The van der Waals surface area contributed by atoms with Crippen molar-refractivity contribution < 1.29 is 41.0 Å². The highest BCUT2D eigenvalue weighted by Crippen LogP contribution is 2.37. The molecule has 1 aromatic carbocycles. The van der Waals surface area contributed by atoms with Crippen LogP contribution in [0.5, 0.6) is 0 Å². The summed E-state index contributed by atoms with van der Waals surface area (Å²) < 4.78 is 83.3. The van der Waals surface area contributed by atoms with Crippen molar-refractivity contribution in [2.24, 2.45) is 0 Å². The van der Waals surface area contributed by atoms with Crippen LogP contribution in [-0.2, 0) is 26.9 Å². The number of nitrogens with one attached hydrogen (secondary N) is 1. The Hall–Kier alpha value is -4.59. The SMILES string of the molecule is COC(=O)[C@H](Cc1ccc(-c2nc(C)ccc2C(F)(F)F)c2nccn12)NC(=O)c1c(F)cc(N2CCOC[C@@H]2C)cc1F. The van der Waals surface area contributed by atoms with Gasteiger partial charge in [-0.2, -0.15) is 13.2 Å². The maximum absolute atomic E-state index is 15.1. The third-order valence-electron chi connectivity index (χ3n) is 7.39. The smallest absolute Gasteiger partial charge is 0.418 e. The van der Waals surface area contributed by atoms with E-state index in [1.165, 1.54) is 35.0 Å². The van der Waals surface area contributed by atoms with Crippen LogP contribution < -0.4 is 10.2 Å². The fraction of sp³-hybridized carbons (Fsp3) is 0.333. The summed E-state index contributed by atoms with van der Waals surface area (Å²) in [5.74, 6) is -4.33. The van der Waals surface area contributed by atoms with Gasteiger partial charge in [0.05, 0.1) is 31.6 Å². The molecule has 0 bridgehead atoms. The molecule has 4 heterocycles. The number of nitrogens with zero attached hydrogens (tertiary/aromatic N) is 4. The van der Waals surface area contributed by atoms with Crippen LogP contribution in [0.1, 0.15) is 34.2 Å². The lowest BCUT2D eigenvalue weighted by molar-refractivity contribution is -0.143. The molecule has 2 atom stereocenters. The number of esters is 1. The first kappa shape index (κ1) is 30.9. The van der Waals surface area contributed by atoms with E-state index in [9.17, 15) is 22.8 Å². The normalized spacial score (nSPS) is 16.2. The van der Waals surface area contributed by atoms with Crippen LogP contribution in [0.15, 0.2) is 48.8 Å². The van der Waals surface area contributed by atoms with Gasteiger partial charge in [-0.25, -0.2) is 18.6 Å². The number of methoxy groups -OCH3 is 1. The van der Waals surface area contributed by atoms with E-state index in [-0.39, 0.29) is 35.1 Å². The molecule has 1 saturated heterocycles. The molecule has 5 rings (SSSR count). The van der Waals surface area contributed by atoms with Crippen molar-refractivity contribution >= 4 is 23.2 Å². The average molecular weight is 618 g/mol. The number of aryl methyl sites for hydroxylation is 1. The van der Waals surface area contributed by atoms with Crippen molar-refractivity contribution in [1.29, 1.82) is 0 Å². The highest BCUT2D eigenvalue weighted by molar-refractivity contribution is 5.97. The number of morpholine rings is 1. The minimum atomic E-state index is -4.68. The molecule has 1 amide bonds. The predicted molar refractivity (Wildman–Crippen MR) is 149 cm³/mol. The minimum absolute atomic E-state index is 0.0900. The average Bonchev–Trinajstić information content (AvgIpc) is 3.46. The van der Waals surface area contributed by atoms with Crippen LogP contribution in [0.4, 0.5) is 27.6 Å². The van der Waals surface area contributed by atoms with Crippen molar-refractivity contribution in [2.45, 2.75) is 38.5 Å². The number of anilines is 1. The van der Waals surface area contributed by atoms with E-state index in [1.807, 2.05) is 6.92 Å². The number of amides is 1. The third kappa shape index (κ3) is 6.07. The molecule has 1 fully saturated rings. The van der Waals surface area contributed by atoms with Gasteiger partial charge in [-0.05, 0) is 50.2 Å². The Labute approximate surface area is 248 Å². The Morgan fingerprint density at radius 2 is 1.89 bits per heavy atom. The third-order valence-corrected chi connectivity index (χ3v) is 7.39. The van der Waals surface area contributed by atoms with E-state index >= 15 is 8.78 Å². The van der Waals surface area contributed by atoms with Crippen LogP contribution in [0, 0.1) is 18.6 Å². The van der Waals surface area contributed by atoms with Gasteiger partial charge in [-0.3, -0.25) is 9.78 Å². The summed E-state index contributed by atoms with van der Waals surface area (Å²) in [6.07, 6.45) is -2.09. The van der Waals surface area contributed by atoms with Gasteiger partial charge >= 0.3 is 12.1 Å². The van der Waals surface area contributed by atoms with E-state index in [0.717, 1.165) is 25.3 Å². The molecular formula is C30H28F5N5O4. The van der Waals surface area contributed by atoms with Crippen molar-refractivity contribution in [3.63, 3.8) is 0 Å². The minimum Gasteiger partial charge on any atom is -0.467 e. The number of ether oxygens (including phenoxy) is 2. The number of hydrogen-bond donors (Lipinski definition) is 1. The van der Waals surface area contributed by atoms with Gasteiger partial charge in [0.2, 0.25) is 0 Å². The van der Waals surface area contributed by atoms with E-state index < -0.39 is 46.9 Å². The first-order valence-electron chi connectivity index (χ1n) is 13.6. The number of halogens is 5. The van der Waals surface area contributed by atoms with Gasteiger partial charge in [-0.15, -0.1) is 0 Å². The summed E-state index contributed by atoms with van der Waals surface area (Å²) in [6.45, 7) is 4.57. The lowest BCUT2D eigenvalue weighted by Crippen LogP contribution is -2.44. The Bertz CT molecular complexity index is 1700. The number of aromatic nitrogens is 3. The van der Waals surface area contributed by atoms with Crippen molar-refractivity contribution in [3.8, 4) is 11.3 Å². The molecule has 4 aromatic rings. The highest BCUT2D eigenvalue weighted by atomic mass is 19.4. The fourth-order valence-corrected chi connectivity index (χ4v) is 5.24. The van der Waals surface area contributed by atoms with E-state index in [2.05, 4.69) is 15.3 Å². The first-order valence-corrected chi connectivity index (χ1v) is 13.6. The Kier molecular flexibility index (Phi) is 8.55. The number of carbonyl (C=O) groups is 2. The van der Waals surface area contributed by atoms with Gasteiger partial charge < -0.3 is 24.1 Å². The maximum atomic E-state index is 15.1. The van der Waals surface area contributed by atoms with Gasteiger partial charge in [0.1, 0.15) is 28.9 Å². The lowest BCUT2D eigenvalue weighted by Gasteiger charge is -2.35. The number of alkyl halides is 3. The highest BCUT2D eigenvalue weighted by Gasteiger charge is 2.35. The summed E-state index contributed by atoms with van der Waals surface area (Å²) in [4.78, 5) is 35.9. The molecule has 3 aromatic heterocycles. The molecule has 0 saturated carbocycles. The molecule has 232 valence electrons. The number of pyridine rings is 2. The summed E-state index contributed by atoms with van der Waals surface area (Å²) in [7, 11) is 1.08. The zero-order chi connectivity index (χ0) is 31.8. The second-order valence-electron chi connectivity index (χ2n) is 10.4. The molecule has 1 aliphatic heterocycles. The van der Waals surface area contributed by atoms with Gasteiger partial charge in [0.15, 0.2) is 0 Å². The molecule has 9 nitrogen and oxygen atoms in total. The van der Waals surface area contributed by atoms with Crippen LogP contribution in [0.2, 0.25) is 0 Å². The molecule has 1 aliphatic rings. The molecular weight excluding hydrogens is 589 g/mol. The van der Waals surface area contributed by atoms with Gasteiger partial charge in [0, 0.05) is 54.0 Å². The zero-order valence-corrected chi connectivity index (χ0v) is 23.9. The Balaban J connectivity index is 1.45. The summed E-state index contributed by atoms with van der Waals surface area (Å²) >= 11 is 0. The topological polar surface area (TPSA) is 98.1 Å². The first-order chi connectivity index (χ1) is 20.9. The molecule has 14 heteroatoms. The lowest BCUT2D eigenvalue weighted by atomic mass is 10.0. The van der Waals surface area contributed by atoms with Gasteiger partial charge in [0.25, 0.3) is 5.91 Å². The molecule has 0 spiro atoms. The zero-order valence-electron chi connectivity index (χ0n) is 23.9. The van der Waals surface area contributed by atoms with Crippen LogP contribution in [0.3, 0.4) is 0 Å². The number of imidazole rings is 1. The van der Waals surface area contributed by atoms with E-state index in [4.69, 9.17) is 9.47 Å². The number of rotatable bonds is 7. The van der Waals surface area contributed by atoms with Crippen molar-refractivity contribution in [3.05, 3.63) is 82.9 Å². The largest absolute Gasteiger partial charge is 0.467 e. The van der Waals surface area contributed by atoms with Crippen LogP contribution >= 0.6 is 0 Å². The number of carbonyl (C=O) groups excluding carboxylic acids is 2. The number of benzene rings is 1. The Morgan fingerprint density at radius 3 is 2.55 bits per heavy atom. The number of fused-ring (bicyclic) bond motifs is 1. The summed E-state index contributed by atoms with van der Waals surface area (Å²) in [5, 5.41) is 2.34. The monoisotopic (exact) mass is 617 g/mol. The summed E-state index contributed by atoms with van der Waals surface area (Å²) in [6, 6.07) is 5.59. The molecule has 0 aliphatic carbocycles. The van der Waals surface area contributed by atoms with E-state index in [0.29, 0.717) is 31.1 Å². The van der Waals surface area contributed by atoms with E-state index in [1.54, 1.807) is 11.8 Å². The second-order valence-corrected chi connectivity index (χ2v) is 10.4. The fourth-order valence-electron chi connectivity index (χ4n) is 5.24. The molecule has 44 heavy (non-hydrogen) atoms. The van der Waals surface area contributed by atoms with Crippen LogP contribution in [-0.4, -0.2) is 65.2 Å². The van der Waals surface area contributed by atoms with Crippen molar-refractivity contribution in [2.75, 3.05) is 31.8 Å². The summed E-state index contributed by atoms with van der Waals surface area (Å²) in [5.41, 5.74) is -0.984. The Morgan fingerprint density at radius 1 is 1.16 bits per heavy atom. The quantitative estimate of drug-likeness (QED) is 0.236. The van der Waals surface area contributed by atoms with Crippen molar-refractivity contribution in [1.82, 2.24) is 19.7 Å². The maximum Gasteiger partial charge on any atom is 0.418 e. The molecule has 0 radical (unpaired) electrons. The predicted octanol–water partition coefficient (Wildman–Crippen LogP) is 4.74. The molecule has 1 N–H and O–H groups in total. The van der Waals surface area contributed by atoms with Gasteiger partial charge in [-0.1, -0.05) is 0 Å². The molecule has 0 unspecified atom stereocenters. The standard InChI is InChI=1S/C30H28F5N5O4/c1-16-4-7-21(30(33,34)35)26(37-16)20-6-5-18(40-9-8-36-27(20)40)14-24(29(42)43-3)38-28(41)25-22(31)12-19(13-23(25)32)39-10-11-44-15-17(39)2/h4-9,12-13,17,24H,10-11,14-15H2,1-3H3,(H,38,41)/t17-,24-/m0/s1. The number of hydrogen-bond acceptors (Lipinski definition) is 7. The van der Waals surface area contributed by atoms with Crippen LogP contribution in [0.25, 0.3) is 16.9 Å². The second kappa shape index (κ2) is 12.2.